The van der Waals surface area contributed by atoms with Crippen molar-refractivity contribution in [2.24, 2.45) is 0 Å². The summed E-state index contributed by atoms with van der Waals surface area (Å²) in [6, 6.07) is 9.14. The largest absolute Gasteiger partial charge is 0.459 e. The van der Waals surface area contributed by atoms with Crippen molar-refractivity contribution in [1.82, 2.24) is 5.06 Å². The summed E-state index contributed by atoms with van der Waals surface area (Å²) in [7, 11) is 1.69. The van der Waals surface area contributed by atoms with Crippen LogP contribution in [-0.4, -0.2) is 35.3 Å². The maximum Gasteiger partial charge on any atom is 0.338 e. The summed E-state index contributed by atoms with van der Waals surface area (Å²) in [6.07, 6.45) is 1.40. The summed E-state index contributed by atoms with van der Waals surface area (Å²) < 4.78 is 5.72. The van der Waals surface area contributed by atoms with Gasteiger partial charge in [0.15, 0.2) is 0 Å². The van der Waals surface area contributed by atoms with Gasteiger partial charge < -0.3 is 9.57 Å². The van der Waals surface area contributed by atoms with E-state index >= 15 is 0 Å². The van der Waals surface area contributed by atoms with Crippen LogP contribution in [0.2, 0.25) is 0 Å². The number of carbonyl (C=O) groups is 1. The summed E-state index contributed by atoms with van der Waals surface area (Å²) in [5.41, 5.74) is 0.235. The molecule has 0 saturated carbocycles. The Morgan fingerprint density at radius 3 is 2.10 bits per heavy atom. The van der Waals surface area contributed by atoms with E-state index < -0.39 is 0 Å². The molecule has 0 amide bonds. The molecule has 116 valence electrons. The zero-order valence-corrected chi connectivity index (χ0v) is 13.6. The summed E-state index contributed by atoms with van der Waals surface area (Å²) in [5, 5.41) is 2.01. The number of piperidine rings is 1. The summed E-state index contributed by atoms with van der Waals surface area (Å²) in [4.78, 5) is 17.8. The van der Waals surface area contributed by atoms with Gasteiger partial charge >= 0.3 is 5.97 Å². The number of nitrogens with zero attached hydrogens (tertiary/aromatic N) is 1. The van der Waals surface area contributed by atoms with Crippen LogP contribution in [0.15, 0.2) is 30.3 Å². The Hall–Kier alpha value is -1.39. The van der Waals surface area contributed by atoms with Crippen molar-refractivity contribution in [1.29, 1.82) is 0 Å². The summed E-state index contributed by atoms with van der Waals surface area (Å²) >= 11 is 0. The standard InChI is InChI=1S/C17H25NO3/c1-16(2)11-14(12-17(3,4)18(16)20-5)21-15(19)13-9-7-6-8-10-13/h6-10,14H,11-12H2,1-5H3. The van der Waals surface area contributed by atoms with E-state index in [1.165, 1.54) is 0 Å². The lowest BCUT2D eigenvalue weighted by Gasteiger charge is -2.52. The van der Waals surface area contributed by atoms with Crippen molar-refractivity contribution in [3.8, 4) is 0 Å². The Bertz CT molecular complexity index is 478. The van der Waals surface area contributed by atoms with E-state index in [0.29, 0.717) is 5.56 Å². The van der Waals surface area contributed by atoms with Crippen LogP contribution in [0.3, 0.4) is 0 Å². The minimum absolute atomic E-state index is 0.103. The minimum Gasteiger partial charge on any atom is -0.459 e. The fourth-order valence-electron chi connectivity index (χ4n) is 3.54. The monoisotopic (exact) mass is 291 g/mol. The molecule has 2 rings (SSSR count). The Kier molecular flexibility index (Phi) is 4.40. The van der Waals surface area contributed by atoms with Crippen molar-refractivity contribution in [3.63, 3.8) is 0 Å². The number of benzene rings is 1. The van der Waals surface area contributed by atoms with E-state index in [0.717, 1.165) is 12.8 Å². The van der Waals surface area contributed by atoms with Crippen LogP contribution in [0, 0.1) is 0 Å². The van der Waals surface area contributed by atoms with Crippen LogP contribution in [0.5, 0.6) is 0 Å². The van der Waals surface area contributed by atoms with Crippen LogP contribution in [0.4, 0.5) is 0 Å². The van der Waals surface area contributed by atoms with Crippen molar-refractivity contribution in [2.75, 3.05) is 7.11 Å². The number of esters is 1. The normalized spacial score (nSPS) is 22.0. The molecule has 1 heterocycles. The van der Waals surface area contributed by atoms with Crippen LogP contribution in [0.25, 0.3) is 0 Å². The van der Waals surface area contributed by atoms with Gasteiger partial charge in [0.2, 0.25) is 0 Å². The lowest BCUT2D eigenvalue weighted by Crippen LogP contribution is -2.61. The van der Waals surface area contributed by atoms with E-state index in [4.69, 9.17) is 9.57 Å². The SMILES string of the molecule is CON1C(C)(C)CC(OC(=O)c2ccccc2)CC1(C)C. The molecule has 1 aliphatic rings. The van der Waals surface area contributed by atoms with Gasteiger partial charge in [-0.15, -0.1) is 0 Å². The average Bonchev–Trinajstić information content (AvgIpc) is 2.37. The first-order valence-electron chi connectivity index (χ1n) is 7.37. The third-order valence-corrected chi connectivity index (χ3v) is 4.02. The fourth-order valence-corrected chi connectivity index (χ4v) is 3.54. The quantitative estimate of drug-likeness (QED) is 0.800. The molecule has 0 radical (unpaired) electrons. The molecule has 4 heteroatoms. The number of carbonyl (C=O) groups excluding carboxylic acids is 1. The van der Waals surface area contributed by atoms with Gasteiger partial charge in [-0.3, -0.25) is 0 Å². The molecule has 4 nitrogen and oxygen atoms in total. The molecule has 21 heavy (non-hydrogen) atoms. The van der Waals surface area contributed by atoms with Crippen molar-refractivity contribution in [3.05, 3.63) is 35.9 Å². The number of hydrogen-bond donors (Lipinski definition) is 0. The number of hydroxylamine groups is 2. The number of hydrogen-bond acceptors (Lipinski definition) is 4. The molecule has 1 aliphatic heterocycles. The van der Waals surface area contributed by atoms with Gasteiger partial charge in [0.25, 0.3) is 0 Å². The van der Waals surface area contributed by atoms with Crippen LogP contribution >= 0.6 is 0 Å². The average molecular weight is 291 g/mol. The first kappa shape index (κ1) is 16.0. The Balaban J connectivity index is 2.10. The Labute approximate surface area is 127 Å². The van der Waals surface area contributed by atoms with Gasteiger partial charge in [0.05, 0.1) is 12.7 Å². The topological polar surface area (TPSA) is 38.8 Å². The third kappa shape index (κ3) is 3.44. The molecule has 0 unspecified atom stereocenters. The maximum atomic E-state index is 12.2. The fraction of sp³-hybridized carbons (Fsp3) is 0.588. The van der Waals surface area contributed by atoms with E-state index in [1.54, 1.807) is 19.2 Å². The molecular formula is C17H25NO3. The van der Waals surface area contributed by atoms with E-state index in [1.807, 2.05) is 23.3 Å². The van der Waals surface area contributed by atoms with E-state index in [9.17, 15) is 4.79 Å². The highest BCUT2D eigenvalue weighted by molar-refractivity contribution is 5.89. The molecule has 0 bridgehead atoms. The predicted molar refractivity (Wildman–Crippen MR) is 81.9 cm³/mol. The van der Waals surface area contributed by atoms with Crippen LogP contribution < -0.4 is 0 Å². The molecule has 0 N–H and O–H groups in total. The first-order chi connectivity index (χ1) is 9.76. The zero-order chi connectivity index (χ0) is 15.7. The number of rotatable bonds is 3. The van der Waals surface area contributed by atoms with Gasteiger partial charge in [-0.2, -0.15) is 5.06 Å². The van der Waals surface area contributed by atoms with E-state index in [-0.39, 0.29) is 23.2 Å². The predicted octanol–water partition coefficient (Wildman–Crippen LogP) is 3.43. The highest BCUT2D eigenvalue weighted by atomic mass is 16.7. The maximum absolute atomic E-state index is 12.2. The van der Waals surface area contributed by atoms with Crippen LogP contribution in [0.1, 0.15) is 50.9 Å². The second kappa shape index (κ2) is 5.78. The molecule has 1 aromatic carbocycles. The van der Waals surface area contributed by atoms with Crippen molar-refractivity contribution >= 4 is 5.97 Å². The second-order valence-corrected chi connectivity index (χ2v) is 6.90. The molecule has 1 saturated heterocycles. The lowest BCUT2D eigenvalue weighted by atomic mass is 9.80. The molecule has 1 fully saturated rings. The van der Waals surface area contributed by atoms with Gasteiger partial charge in [-0.25, -0.2) is 4.79 Å². The molecule has 0 aromatic heterocycles. The molecule has 0 spiro atoms. The van der Waals surface area contributed by atoms with Gasteiger partial charge in [0, 0.05) is 23.9 Å². The summed E-state index contributed by atoms with van der Waals surface area (Å²) in [5.74, 6) is -0.252. The first-order valence-corrected chi connectivity index (χ1v) is 7.37. The van der Waals surface area contributed by atoms with Crippen molar-refractivity contribution < 1.29 is 14.4 Å². The molecular weight excluding hydrogens is 266 g/mol. The van der Waals surface area contributed by atoms with Gasteiger partial charge in [-0.05, 0) is 39.8 Å². The van der Waals surface area contributed by atoms with Crippen molar-refractivity contribution in [2.45, 2.75) is 57.7 Å². The third-order valence-electron chi connectivity index (χ3n) is 4.02. The minimum atomic E-state index is -0.252. The Morgan fingerprint density at radius 1 is 1.10 bits per heavy atom. The van der Waals surface area contributed by atoms with E-state index in [2.05, 4.69) is 27.7 Å². The van der Waals surface area contributed by atoms with Gasteiger partial charge in [0.1, 0.15) is 6.10 Å². The zero-order valence-electron chi connectivity index (χ0n) is 13.6. The molecule has 1 aromatic rings. The smallest absolute Gasteiger partial charge is 0.338 e. The van der Waals surface area contributed by atoms with Crippen LogP contribution in [-0.2, 0) is 9.57 Å². The Morgan fingerprint density at radius 2 is 1.62 bits per heavy atom. The highest BCUT2D eigenvalue weighted by Gasteiger charge is 2.47. The van der Waals surface area contributed by atoms with Gasteiger partial charge in [-0.1, -0.05) is 18.2 Å². The summed E-state index contributed by atoms with van der Waals surface area (Å²) in [6.45, 7) is 8.45. The molecule has 0 atom stereocenters. The number of ether oxygens (including phenoxy) is 1. The lowest BCUT2D eigenvalue weighted by molar-refractivity contribution is -0.276. The molecule has 0 aliphatic carbocycles. The second-order valence-electron chi connectivity index (χ2n) is 6.90. The highest BCUT2D eigenvalue weighted by Crippen LogP contribution is 2.39.